The van der Waals surface area contributed by atoms with Crippen LogP contribution in [0.2, 0.25) is 0 Å². The maximum atomic E-state index is 11.7. The molecule has 4 N–H and O–H groups in total. The molecule has 0 aliphatic heterocycles. The van der Waals surface area contributed by atoms with Gasteiger partial charge in [0.25, 0.3) is 5.56 Å². The fraction of sp³-hybridized carbons (Fsp3) is 0.455. The lowest BCUT2D eigenvalue weighted by atomic mass is 10.1. The molecule has 0 saturated heterocycles. The lowest BCUT2D eigenvalue weighted by molar-refractivity contribution is 0.00243. The van der Waals surface area contributed by atoms with Crippen molar-refractivity contribution in [3.63, 3.8) is 0 Å². The molecule has 2 rings (SSSR count). The number of aromatic nitrogens is 2. The first kappa shape index (κ1) is 13.2. The van der Waals surface area contributed by atoms with Gasteiger partial charge in [0.15, 0.2) is 0 Å². The Balaban J connectivity index is 2.06. The predicted molar refractivity (Wildman–Crippen MR) is 69.7 cm³/mol. The summed E-state index contributed by atoms with van der Waals surface area (Å²) in [4.78, 5) is 18.6. The molecule has 2 aromatic heterocycles. The number of aromatic amines is 1. The second-order valence-electron chi connectivity index (χ2n) is 4.41. The van der Waals surface area contributed by atoms with E-state index in [0.717, 1.165) is 0 Å². The number of rotatable bonds is 5. The fourth-order valence-corrected chi connectivity index (χ4v) is 2.24. The van der Waals surface area contributed by atoms with Crippen molar-refractivity contribution in [3.8, 4) is 0 Å². The highest BCUT2D eigenvalue weighted by Crippen LogP contribution is 2.13. The fourth-order valence-electron chi connectivity index (χ4n) is 1.51. The van der Waals surface area contributed by atoms with Crippen LogP contribution in [-0.2, 0) is 6.54 Å². The highest BCUT2D eigenvalue weighted by atomic mass is 32.1. The van der Waals surface area contributed by atoms with Gasteiger partial charge >= 0.3 is 0 Å². The Morgan fingerprint density at radius 3 is 3.11 bits per heavy atom. The van der Waals surface area contributed by atoms with Gasteiger partial charge in [-0.1, -0.05) is 0 Å². The third-order valence-electron chi connectivity index (χ3n) is 2.50. The Morgan fingerprint density at radius 1 is 1.61 bits per heavy atom. The molecular formula is C11H15N3O3S. The molecule has 18 heavy (non-hydrogen) atoms. The van der Waals surface area contributed by atoms with Crippen LogP contribution >= 0.6 is 11.3 Å². The first-order chi connectivity index (χ1) is 8.52. The number of H-pyrrole nitrogens is 1. The molecule has 7 heteroatoms. The minimum atomic E-state index is -1.17. The molecule has 0 bridgehead atoms. The third kappa shape index (κ3) is 2.94. The van der Waals surface area contributed by atoms with E-state index in [1.807, 2.05) is 5.38 Å². The molecule has 6 nitrogen and oxygen atoms in total. The first-order valence-corrected chi connectivity index (χ1v) is 6.40. The Kier molecular flexibility index (Phi) is 3.76. The van der Waals surface area contributed by atoms with Crippen molar-refractivity contribution in [2.45, 2.75) is 19.1 Å². The molecule has 0 saturated carbocycles. The van der Waals surface area contributed by atoms with E-state index < -0.39 is 5.60 Å². The smallest absolute Gasteiger partial charge is 0.268 e. The van der Waals surface area contributed by atoms with Gasteiger partial charge in [-0.3, -0.25) is 4.79 Å². The van der Waals surface area contributed by atoms with Crippen LogP contribution in [-0.4, -0.2) is 38.9 Å². The van der Waals surface area contributed by atoms with Crippen LogP contribution in [0.5, 0.6) is 0 Å². The lowest BCUT2D eigenvalue weighted by Crippen LogP contribution is -2.41. The van der Waals surface area contributed by atoms with E-state index >= 15 is 0 Å². The molecule has 0 spiro atoms. The molecule has 0 aromatic carbocycles. The van der Waals surface area contributed by atoms with Crippen molar-refractivity contribution in [2.24, 2.45) is 0 Å². The van der Waals surface area contributed by atoms with Crippen LogP contribution in [0, 0.1) is 0 Å². The molecule has 0 amide bonds. The molecule has 1 unspecified atom stereocenters. The Bertz CT molecular complexity index is 590. The second-order valence-corrected chi connectivity index (χ2v) is 5.32. The van der Waals surface area contributed by atoms with Crippen molar-refractivity contribution < 1.29 is 10.2 Å². The summed E-state index contributed by atoms with van der Waals surface area (Å²) in [6.45, 7) is 1.75. The van der Waals surface area contributed by atoms with Gasteiger partial charge in [-0.2, -0.15) is 0 Å². The summed E-state index contributed by atoms with van der Waals surface area (Å²) >= 11 is 1.35. The van der Waals surface area contributed by atoms with Gasteiger partial charge in [-0.25, -0.2) is 4.98 Å². The van der Waals surface area contributed by atoms with Crippen LogP contribution in [0.25, 0.3) is 10.2 Å². The zero-order chi connectivity index (χ0) is 13.2. The zero-order valence-corrected chi connectivity index (χ0v) is 10.8. The van der Waals surface area contributed by atoms with Gasteiger partial charge in [-0.05, 0) is 18.4 Å². The number of aliphatic hydroxyl groups is 2. The van der Waals surface area contributed by atoms with Crippen LogP contribution in [0.3, 0.4) is 0 Å². The molecule has 98 valence electrons. The van der Waals surface area contributed by atoms with Crippen LogP contribution in [0.1, 0.15) is 12.7 Å². The predicted octanol–water partition coefficient (Wildman–Crippen LogP) is -0.183. The Morgan fingerprint density at radius 2 is 2.39 bits per heavy atom. The number of hydrogen-bond donors (Lipinski definition) is 4. The molecule has 2 aromatic rings. The summed E-state index contributed by atoms with van der Waals surface area (Å²) in [6.07, 6.45) is 0. The monoisotopic (exact) mass is 269 g/mol. The van der Waals surface area contributed by atoms with E-state index in [0.29, 0.717) is 22.6 Å². The molecule has 0 fully saturated rings. The molecular weight excluding hydrogens is 254 g/mol. The Labute approximate surface area is 107 Å². The number of fused-ring (bicyclic) bond motifs is 1. The standard InChI is InChI=1S/C11H15N3O3S/c1-11(17,6-15)5-12-4-8-13-7-2-3-18-9(7)10(16)14-8/h2-3,12,15,17H,4-6H2,1H3,(H,13,14,16). The summed E-state index contributed by atoms with van der Waals surface area (Å²) < 4.78 is 0.612. The SMILES string of the molecule is CC(O)(CO)CNCc1nc2ccsc2c(=O)[nH]1. The van der Waals surface area contributed by atoms with Gasteiger partial charge in [0.05, 0.1) is 24.3 Å². The summed E-state index contributed by atoms with van der Waals surface area (Å²) in [7, 11) is 0. The normalized spacial score (nSPS) is 14.8. The van der Waals surface area contributed by atoms with Gasteiger partial charge in [0.1, 0.15) is 10.5 Å². The average Bonchev–Trinajstić information content (AvgIpc) is 2.77. The van der Waals surface area contributed by atoms with Crippen molar-refractivity contribution in [1.29, 1.82) is 0 Å². The lowest BCUT2D eigenvalue weighted by Gasteiger charge is -2.20. The highest BCUT2D eigenvalue weighted by molar-refractivity contribution is 7.17. The number of aliphatic hydroxyl groups excluding tert-OH is 1. The quantitative estimate of drug-likeness (QED) is 0.603. The van der Waals surface area contributed by atoms with Gasteiger partial charge < -0.3 is 20.5 Å². The van der Waals surface area contributed by atoms with E-state index in [1.165, 1.54) is 18.3 Å². The van der Waals surface area contributed by atoms with Crippen molar-refractivity contribution in [3.05, 3.63) is 27.6 Å². The van der Waals surface area contributed by atoms with E-state index in [-0.39, 0.29) is 18.7 Å². The molecule has 1 atom stereocenters. The first-order valence-electron chi connectivity index (χ1n) is 5.52. The number of thiophene rings is 1. The zero-order valence-electron chi connectivity index (χ0n) is 9.93. The Hall–Kier alpha value is -1.28. The van der Waals surface area contributed by atoms with Crippen molar-refractivity contribution in [1.82, 2.24) is 15.3 Å². The molecule has 0 aliphatic rings. The van der Waals surface area contributed by atoms with Crippen LogP contribution < -0.4 is 10.9 Å². The number of hydrogen-bond acceptors (Lipinski definition) is 6. The summed E-state index contributed by atoms with van der Waals surface area (Å²) in [6, 6.07) is 1.79. The number of nitrogens with one attached hydrogen (secondary N) is 2. The maximum Gasteiger partial charge on any atom is 0.268 e. The van der Waals surface area contributed by atoms with E-state index in [9.17, 15) is 9.90 Å². The van der Waals surface area contributed by atoms with E-state index in [1.54, 1.807) is 6.07 Å². The van der Waals surface area contributed by atoms with Crippen molar-refractivity contribution >= 4 is 21.6 Å². The van der Waals surface area contributed by atoms with Gasteiger partial charge in [-0.15, -0.1) is 11.3 Å². The largest absolute Gasteiger partial charge is 0.393 e. The average molecular weight is 269 g/mol. The molecule has 2 heterocycles. The minimum absolute atomic E-state index is 0.152. The van der Waals surface area contributed by atoms with E-state index in [4.69, 9.17) is 5.11 Å². The topological polar surface area (TPSA) is 98.2 Å². The summed E-state index contributed by atoms with van der Waals surface area (Å²) in [5.41, 5.74) is -0.651. The number of nitrogens with zero attached hydrogens (tertiary/aromatic N) is 1. The highest BCUT2D eigenvalue weighted by Gasteiger charge is 2.18. The van der Waals surface area contributed by atoms with E-state index in [2.05, 4.69) is 15.3 Å². The third-order valence-corrected chi connectivity index (χ3v) is 3.41. The van der Waals surface area contributed by atoms with Crippen molar-refractivity contribution in [2.75, 3.05) is 13.2 Å². The summed E-state index contributed by atoms with van der Waals surface area (Å²) in [5.74, 6) is 0.514. The minimum Gasteiger partial charge on any atom is -0.393 e. The van der Waals surface area contributed by atoms with Gasteiger partial charge in [0, 0.05) is 6.54 Å². The molecule has 0 radical (unpaired) electrons. The van der Waals surface area contributed by atoms with Crippen LogP contribution in [0.4, 0.5) is 0 Å². The second kappa shape index (κ2) is 5.15. The van der Waals surface area contributed by atoms with Crippen LogP contribution in [0.15, 0.2) is 16.2 Å². The van der Waals surface area contributed by atoms with Gasteiger partial charge in [0.2, 0.25) is 0 Å². The maximum absolute atomic E-state index is 11.7. The summed E-state index contributed by atoms with van der Waals surface area (Å²) in [5, 5.41) is 23.2. The molecule has 0 aliphatic carbocycles.